The lowest BCUT2D eigenvalue weighted by Gasteiger charge is -2.24. The molecule has 0 radical (unpaired) electrons. The minimum absolute atomic E-state index is 0.155. The van der Waals surface area contributed by atoms with E-state index in [0.717, 1.165) is 31.4 Å². The van der Waals surface area contributed by atoms with Crippen molar-refractivity contribution >= 4 is 0 Å². The van der Waals surface area contributed by atoms with Gasteiger partial charge in [-0.15, -0.1) is 0 Å². The molecule has 2 aliphatic heterocycles. The van der Waals surface area contributed by atoms with Crippen LogP contribution < -0.4 is 10.1 Å². The van der Waals surface area contributed by atoms with Crippen LogP contribution in [0, 0.1) is 5.82 Å². The molecule has 2 aliphatic rings. The predicted molar refractivity (Wildman–Crippen MR) is 70.8 cm³/mol. The van der Waals surface area contributed by atoms with Gasteiger partial charge in [0.2, 0.25) is 0 Å². The third-order valence-corrected chi connectivity index (χ3v) is 4.05. The summed E-state index contributed by atoms with van der Waals surface area (Å²) in [7, 11) is 0. The Bertz CT molecular complexity index is 452. The Morgan fingerprint density at radius 1 is 1.26 bits per heavy atom. The Hall–Kier alpha value is -1.13. The minimum atomic E-state index is -0.262. The first-order chi connectivity index (χ1) is 9.25. The fourth-order valence-corrected chi connectivity index (χ4v) is 2.95. The number of rotatable bonds is 2. The fourth-order valence-electron chi connectivity index (χ4n) is 2.95. The summed E-state index contributed by atoms with van der Waals surface area (Å²) in [5.74, 6) is 0.158. The molecule has 1 fully saturated rings. The van der Waals surface area contributed by atoms with Crippen LogP contribution in [0.3, 0.4) is 0 Å². The van der Waals surface area contributed by atoms with Crippen molar-refractivity contribution in [1.82, 2.24) is 5.32 Å². The van der Waals surface area contributed by atoms with Crippen LogP contribution in [0.25, 0.3) is 0 Å². The Morgan fingerprint density at radius 2 is 2.16 bits per heavy atom. The van der Waals surface area contributed by atoms with Crippen molar-refractivity contribution in [1.29, 1.82) is 0 Å². The molecule has 19 heavy (non-hydrogen) atoms. The maximum atomic E-state index is 13.8. The lowest BCUT2D eigenvalue weighted by molar-refractivity contribution is 0.110. The van der Waals surface area contributed by atoms with Crippen LogP contribution in [0.15, 0.2) is 18.2 Å². The molecule has 0 amide bonds. The second-order valence-corrected chi connectivity index (χ2v) is 5.34. The number of hydrogen-bond acceptors (Lipinski definition) is 3. The van der Waals surface area contributed by atoms with E-state index in [1.165, 1.54) is 6.07 Å². The van der Waals surface area contributed by atoms with Gasteiger partial charge >= 0.3 is 0 Å². The zero-order valence-electron chi connectivity index (χ0n) is 11.2. The molecule has 0 spiro atoms. The van der Waals surface area contributed by atoms with E-state index in [9.17, 15) is 4.39 Å². The highest BCUT2D eigenvalue weighted by molar-refractivity contribution is 5.38. The quantitative estimate of drug-likeness (QED) is 0.892. The second kappa shape index (κ2) is 5.47. The number of halogens is 1. The summed E-state index contributed by atoms with van der Waals surface area (Å²) in [6.07, 6.45) is 3.15. The van der Waals surface area contributed by atoms with Gasteiger partial charge in [0, 0.05) is 24.3 Å². The Labute approximate surface area is 113 Å². The summed E-state index contributed by atoms with van der Waals surface area (Å²) in [6.45, 7) is 3.48. The van der Waals surface area contributed by atoms with Crippen LogP contribution >= 0.6 is 0 Å². The Morgan fingerprint density at radius 3 is 2.95 bits per heavy atom. The number of ether oxygens (including phenoxy) is 2. The molecule has 2 heterocycles. The molecule has 1 aromatic carbocycles. The third kappa shape index (κ3) is 2.60. The van der Waals surface area contributed by atoms with Gasteiger partial charge in [0.15, 0.2) is 11.6 Å². The van der Waals surface area contributed by atoms with Gasteiger partial charge in [-0.3, -0.25) is 0 Å². The van der Waals surface area contributed by atoms with E-state index in [1.54, 1.807) is 6.07 Å². The van der Waals surface area contributed by atoms with Crippen molar-refractivity contribution in [3.05, 3.63) is 29.6 Å². The van der Waals surface area contributed by atoms with Crippen molar-refractivity contribution in [3.8, 4) is 5.75 Å². The molecule has 0 unspecified atom stereocenters. The third-order valence-electron chi connectivity index (χ3n) is 4.05. The lowest BCUT2D eigenvalue weighted by Crippen LogP contribution is -2.37. The summed E-state index contributed by atoms with van der Waals surface area (Å²) in [4.78, 5) is 0. The first-order valence-corrected chi connectivity index (χ1v) is 7.04. The highest BCUT2D eigenvalue weighted by Gasteiger charge is 2.29. The topological polar surface area (TPSA) is 30.5 Å². The number of benzene rings is 1. The van der Waals surface area contributed by atoms with Crippen molar-refractivity contribution in [2.24, 2.45) is 0 Å². The van der Waals surface area contributed by atoms with Gasteiger partial charge in [-0.1, -0.05) is 12.1 Å². The van der Waals surface area contributed by atoms with E-state index in [2.05, 4.69) is 12.2 Å². The van der Waals surface area contributed by atoms with Gasteiger partial charge in [-0.05, 0) is 32.3 Å². The molecule has 1 aromatic rings. The molecule has 0 aliphatic carbocycles. The molecule has 1 saturated heterocycles. The second-order valence-electron chi connectivity index (χ2n) is 5.34. The van der Waals surface area contributed by atoms with E-state index in [1.807, 2.05) is 6.07 Å². The molecule has 3 rings (SSSR count). The number of para-hydroxylation sites is 1. The van der Waals surface area contributed by atoms with E-state index in [4.69, 9.17) is 9.47 Å². The maximum absolute atomic E-state index is 13.8. The summed E-state index contributed by atoms with van der Waals surface area (Å²) < 4.78 is 25.0. The molecular formula is C15H20FNO2. The molecular weight excluding hydrogens is 245 g/mol. The SMILES string of the molecule is C[C@@H]1OCC[C@H]1N[C@H]1CCCOc2c(F)cccc21. The fraction of sp³-hybridized carbons (Fsp3) is 0.600. The molecule has 104 valence electrons. The average Bonchev–Trinajstić information content (AvgIpc) is 2.69. The highest BCUT2D eigenvalue weighted by Crippen LogP contribution is 2.34. The van der Waals surface area contributed by atoms with Crippen molar-refractivity contribution in [2.75, 3.05) is 13.2 Å². The van der Waals surface area contributed by atoms with Gasteiger partial charge in [-0.25, -0.2) is 4.39 Å². The summed E-state index contributed by atoms with van der Waals surface area (Å²) >= 11 is 0. The van der Waals surface area contributed by atoms with Gasteiger partial charge < -0.3 is 14.8 Å². The van der Waals surface area contributed by atoms with Gasteiger partial charge in [0.25, 0.3) is 0 Å². The van der Waals surface area contributed by atoms with Crippen LogP contribution in [0.5, 0.6) is 5.75 Å². The van der Waals surface area contributed by atoms with Crippen LogP contribution in [0.2, 0.25) is 0 Å². The predicted octanol–water partition coefficient (Wildman–Crippen LogP) is 2.81. The Kier molecular flexibility index (Phi) is 3.71. The van der Waals surface area contributed by atoms with E-state index in [0.29, 0.717) is 18.4 Å². The van der Waals surface area contributed by atoms with Crippen molar-refractivity contribution in [3.63, 3.8) is 0 Å². The largest absolute Gasteiger partial charge is 0.490 e. The van der Waals surface area contributed by atoms with Crippen molar-refractivity contribution < 1.29 is 13.9 Å². The monoisotopic (exact) mass is 265 g/mol. The molecule has 3 nitrogen and oxygen atoms in total. The van der Waals surface area contributed by atoms with Crippen LogP contribution in [0.4, 0.5) is 4.39 Å². The molecule has 3 atom stereocenters. The number of hydrogen-bond donors (Lipinski definition) is 1. The molecule has 4 heteroatoms. The zero-order chi connectivity index (χ0) is 13.2. The first kappa shape index (κ1) is 12.9. The van der Waals surface area contributed by atoms with E-state index >= 15 is 0 Å². The normalized spacial score (nSPS) is 30.5. The van der Waals surface area contributed by atoms with Gasteiger partial charge in [-0.2, -0.15) is 0 Å². The number of nitrogens with one attached hydrogen (secondary N) is 1. The summed E-state index contributed by atoms with van der Waals surface area (Å²) in [5, 5.41) is 3.62. The maximum Gasteiger partial charge on any atom is 0.165 e. The number of fused-ring (bicyclic) bond motifs is 1. The summed E-state index contributed by atoms with van der Waals surface area (Å²) in [5.41, 5.74) is 0.941. The summed E-state index contributed by atoms with van der Waals surface area (Å²) in [6, 6.07) is 5.68. The van der Waals surface area contributed by atoms with Gasteiger partial charge in [0.05, 0.1) is 12.7 Å². The lowest BCUT2D eigenvalue weighted by atomic mass is 9.99. The standard InChI is InChI=1S/C15H20FNO2/c1-10-13(7-9-18-10)17-14-6-3-8-19-15-11(14)4-2-5-12(15)16/h2,4-5,10,13-14,17H,3,6-9H2,1H3/t10-,13+,14-/m0/s1. The van der Waals surface area contributed by atoms with E-state index < -0.39 is 0 Å². The van der Waals surface area contributed by atoms with E-state index in [-0.39, 0.29) is 18.0 Å². The van der Waals surface area contributed by atoms with Crippen LogP contribution in [-0.2, 0) is 4.74 Å². The minimum Gasteiger partial charge on any atom is -0.490 e. The van der Waals surface area contributed by atoms with Crippen molar-refractivity contribution in [2.45, 2.75) is 44.4 Å². The van der Waals surface area contributed by atoms with Crippen LogP contribution in [-0.4, -0.2) is 25.4 Å². The molecule has 0 bridgehead atoms. The first-order valence-electron chi connectivity index (χ1n) is 7.04. The molecule has 0 aromatic heterocycles. The molecule has 1 N–H and O–H groups in total. The smallest absolute Gasteiger partial charge is 0.165 e. The highest BCUT2D eigenvalue weighted by atomic mass is 19.1. The van der Waals surface area contributed by atoms with Crippen LogP contribution in [0.1, 0.15) is 37.8 Å². The zero-order valence-corrected chi connectivity index (χ0v) is 11.2. The van der Waals surface area contributed by atoms with Gasteiger partial charge in [0.1, 0.15) is 0 Å². The Balaban J connectivity index is 1.84. The molecule has 0 saturated carbocycles. The average molecular weight is 265 g/mol.